The number of alkyl halides is 3. The summed E-state index contributed by atoms with van der Waals surface area (Å²) in [5.41, 5.74) is 6.19. The highest BCUT2D eigenvalue weighted by Gasteiger charge is 2.38. The molecule has 0 spiro atoms. The number of carbonyl (C=O) groups excluding carboxylic acids is 2. The summed E-state index contributed by atoms with van der Waals surface area (Å²) < 4.78 is 42.8. The Hall–Kier alpha value is -3.74. The number of nitrogen functional groups attached to an aromatic ring is 1. The van der Waals surface area contributed by atoms with Crippen LogP contribution >= 0.6 is 15.9 Å². The zero-order chi connectivity index (χ0) is 27.4. The third-order valence-electron chi connectivity index (χ3n) is 6.67. The van der Waals surface area contributed by atoms with Gasteiger partial charge in [0.05, 0.1) is 16.5 Å². The van der Waals surface area contributed by atoms with Crippen LogP contribution in [0.15, 0.2) is 41.3 Å². The number of fused-ring (bicyclic) bond motifs is 3. The second-order valence-corrected chi connectivity index (χ2v) is 10.3. The van der Waals surface area contributed by atoms with Crippen molar-refractivity contribution in [1.82, 2.24) is 24.4 Å². The number of benzene rings is 1. The summed E-state index contributed by atoms with van der Waals surface area (Å²) in [4.78, 5) is 40.7. The summed E-state index contributed by atoms with van der Waals surface area (Å²) in [6, 6.07) is 6.41. The van der Waals surface area contributed by atoms with E-state index in [0.29, 0.717) is 34.5 Å². The topological polar surface area (TPSA) is 119 Å². The van der Waals surface area contributed by atoms with E-state index in [1.165, 1.54) is 11.2 Å². The predicted octanol–water partition coefficient (Wildman–Crippen LogP) is 4.53. The monoisotopic (exact) mass is 589 g/mol. The van der Waals surface area contributed by atoms with Crippen molar-refractivity contribution in [3.8, 4) is 0 Å². The molecule has 4 aromatic rings. The Morgan fingerprint density at radius 1 is 1.24 bits per heavy atom. The molecule has 0 radical (unpaired) electrons. The third-order valence-corrected chi connectivity index (χ3v) is 7.11. The second-order valence-electron chi connectivity index (χ2n) is 9.47. The van der Waals surface area contributed by atoms with Crippen LogP contribution in [-0.4, -0.2) is 48.8 Å². The Balaban J connectivity index is 1.52. The summed E-state index contributed by atoms with van der Waals surface area (Å²) in [6.07, 6.45) is -2.90. The molecule has 1 aliphatic heterocycles. The molecule has 9 nitrogen and oxygen atoms in total. The summed E-state index contributed by atoms with van der Waals surface area (Å²) in [7, 11) is 0. The van der Waals surface area contributed by atoms with E-state index < -0.39 is 17.8 Å². The van der Waals surface area contributed by atoms with E-state index in [1.54, 1.807) is 29.7 Å². The SMILES string of the molecule is Cc1cc(C(F)(F)F)cc2c3c(N)ncnc3n(CC(=O)N3C[C@H](C)C[C@H]3C(=O)Nc3cccc(Br)n3)c12. The van der Waals surface area contributed by atoms with E-state index >= 15 is 0 Å². The van der Waals surface area contributed by atoms with E-state index in [4.69, 9.17) is 5.73 Å². The van der Waals surface area contributed by atoms with Crippen molar-refractivity contribution >= 4 is 61.3 Å². The van der Waals surface area contributed by atoms with E-state index in [9.17, 15) is 22.8 Å². The maximum Gasteiger partial charge on any atom is 0.416 e. The summed E-state index contributed by atoms with van der Waals surface area (Å²) >= 11 is 3.27. The first-order chi connectivity index (χ1) is 17.9. The zero-order valence-corrected chi connectivity index (χ0v) is 22.0. The van der Waals surface area contributed by atoms with Crippen molar-refractivity contribution in [2.45, 2.75) is 39.0 Å². The number of aromatic nitrogens is 4. The Morgan fingerprint density at radius 2 is 2.00 bits per heavy atom. The molecule has 2 amide bonds. The van der Waals surface area contributed by atoms with Crippen LogP contribution < -0.4 is 11.1 Å². The summed E-state index contributed by atoms with van der Waals surface area (Å²) in [6.45, 7) is 3.60. The first-order valence-corrected chi connectivity index (χ1v) is 12.6. The number of pyridine rings is 1. The molecule has 0 saturated carbocycles. The molecule has 3 aromatic heterocycles. The lowest BCUT2D eigenvalue weighted by molar-refractivity contribution is -0.137. The molecule has 2 atom stereocenters. The van der Waals surface area contributed by atoms with Gasteiger partial charge in [0.2, 0.25) is 11.8 Å². The highest BCUT2D eigenvalue weighted by Crippen LogP contribution is 2.38. The van der Waals surface area contributed by atoms with Crippen LogP contribution in [0.5, 0.6) is 0 Å². The Labute approximate surface area is 223 Å². The molecular weight excluding hydrogens is 567 g/mol. The average molecular weight is 590 g/mol. The minimum absolute atomic E-state index is 0.0125. The number of nitrogens with zero attached hydrogens (tertiary/aromatic N) is 5. The van der Waals surface area contributed by atoms with E-state index in [-0.39, 0.29) is 46.5 Å². The van der Waals surface area contributed by atoms with Gasteiger partial charge >= 0.3 is 6.18 Å². The molecule has 1 aliphatic rings. The van der Waals surface area contributed by atoms with Crippen molar-refractivity contribution in [2.75, 3.05) is 17.6 Å². The number of likely N-dealkylation sites (tertiary alicyclic amines) is 1. The van der Waals surface area contributed by atoms with Crippen molar-refractivity contribution in [3.05, 3.63) is 52.4 Å². The van der Waals surface area contributed by atoms with Gasteiger partial charge < -0.3 is 20.5 Å². The molecular formula is C25H23BrF3N7O2. The number of rotatable bonds is 4. The molecule has 1 aromatic carbocycles. The number of hydrogen-bond donors (Lipinski definition) is 2. The normalized spacial score (nSPS) is 17.9. The van der Waals surface area contributed by atoms with Gasteiger partial charge in [-0.15, -0.1) is 0 Å². The molecule has 0 aliphatic carbocycles. The van der Waals surface area contributed by atoms with E-state index in [1.807, 2.05) is 6.92 Å². The van der Waals surface area contributed by atoms with Crippen molar-refractivity contribution in [1.29, 1.82) is 0 Å². The largest absolute Gasteiger partial charge is 0.416 e. The molecule has 3 N–H and O–H groups in total. The second kappa shape index (κ2) is 9.53. The number of aryl methyl sites for hydroxylation is 1. The molecule has 1 saturated heterocycles. The minimum atomic E-state index is -4.57. The van der Waals surface area contributed by atoms with Crippen LogP contribution in [0, 0.1) is 12.8 Å². The van der Waals surface area contributed by atoms with Crippen molar-refractivity contribution in [3.63, 3.8) is 0 Å². The van der Waals surface area contributed by atoms with E-state index in [2.05, 4.69) is 36.2 Å². The lowest BCUT2D eigenvalue weighted by Gasteiger charge is -2.24. The number of nitrogens with one attached hydrogen (secondary N) is 1. The molecule has 0 unspecified atom stereocenters. The average Bonchev–Trinajstić information content (AvgIpc) is 3.38. The quantitative estimate of drug-likeness (QED) is 0.338. The van der Waals surface area contributed by atoms with Gasteiger partial charge in [-0.2, -0.15) is 13.2 Å². The lowest BCUT2D eigenvalue weighted by atomic mass is 10.1. The van der Waals surface area contributed by atoms with Gasteiger partial charge in [-0.05, 0) is 65.0 Å². The first-order valence-electron chi connectivity index (χ1n) is 11.8. The molecule has 13 heteroatoms. The van der Waals surface area contributed by atoms with E-state index in [0.717, 1.165) is 12.1 Å². The molecule has 0 bridgehead atoms. The van der Waals surface area contributed by atoms with Crippen LogP contribution in [0.4, 0.5) is 24.8 Å². The van der Waals surface area contributed by atoms with Gasteiger partial charge in [-0.1, -0.05) is 13.0 Å². The number of nitrogens with two attached hydrogens (primary N) is 1. The fourth-order valence-corrected chi connectivity index (χ4v) is 5.43. The molecule has 4 heterocycles. The molecule has 38 heavy (non-hydrogen) atoms. The van der Waals surface area contributed by atoms with Gasteiger partial charge in [-0.25, -0.2) is 15.0 Å². The Bertz CT molecular complexity index is 1590. The Kier molecular flexibility index (Phi) is 6.49. The molecule has 198 valence electrons. The number of hydrogen-bond acceptors (Lipinski definition) is 6. The smallest absolute Gasteiger partial charge is 0.383 e. The number of halogens is 4. The standard InChI is InChI=1S/C25H23BrF3N7O2/c1-12-6-16(24(38)34-18-5-3-4-17(26)33-18)35(9-12)19(37)10-36-21-13(2)7-14(25(27,28)29)8-15(21)20-22(30)31-11-32-23(20)36/h3-5,7-8,11-12,16H,6,9-10H2,1-2H3,(H2,30,31,32)(H,33,34,38)/t12-,16+/m1/s1. The minimum Gasteiger partial charge on any atom is -0.383 e. The van der Waals surface area contributed by atoms with Crippen molar-refractivity contribution < 1.29 is 22.8 Å². The zero-order valence-electron chi connectivity index (χ0n) is 20.4. The number of amides is 2. The van der Waals surface area contributed by atoms with Gasteiger partial charge in [0.25, 0.3) is 0 Å². The van der Waals surface area contributed by atoms with Gasteiger partial charge in [0.1, 0.15) is 40.8 Å². The maximum absolute atomic E-state index is 13.6. The Morgan fingerprint density at radius 3 is 2.71 bits per heavy atom. The summed E-state index contributed by atoms with van der Waals surface area (Å²) in [5.74, 6) is -0.307. The highest BCUT2D eigenvalue weighted by molar-refractivity contribution is 9.10. The van der Waals surface area contributed by atoms with Gasteiger partial charge in [0.15, 0.2) is 0 Å². The predicted molar refractivity (Wildman–Crippen MR) is 139 cm³/mol. The fraction of sp³-hybridized carbons (Fsp3) is 0.320. The van der Waals surface area contributed by atoms with Gasteiger partial charge in [0, 0.05) is 11.9 Å². The third kappa shape index (κ3) is 4.66. The van der Waals surface area contributed by atoms with Crippen LogP contribution in [0.2, 0.25) is 0 Å². The summed E-state index contributed by atoms with van der Waals surface area (Å²) in [5, 5.41) is 3.22. The molecule has 5 rings (SSSR count). The highest BCUT2D eigenvalue weighted by atomic mass is 79.9. The van der Waals surface area contributed by atoms with Crippen molar-refractivity contribution in [2.24, 2.45) is 5.92 Å². The van der Waals surface area contributed by atoms with Crippen LogP contribution in [0.3, 0.4) is 0 Å². The van der Waals surface area contributed by atoms with Gasteiger partial charge in [-0.3, -0.25) is 9.59 Å². The lowest BCUT2D eigenvalue weighted by Crippen LogP contribution is -2.44. The first kappa shape index (κ1) is 25.9. The van der Waals surface area contributed by atoms with Crippen LogP contribution in [-0.2, 0) is 22.3 Å². The van der Waals surface area contributed by atoms with Crippen LogP contribution in [0.1, 0.15) is 24.5 Å². The fourth-order valence-electron chi connectivity index (χ4n) is 5.09. The molecule has 1 fully saturated rings. The number of anilines is 2. The number of carbonyl (C=O) groups is 2. The van der Waals surface area contributed by atoms with Crippen LogP contribution in [0.25, 0.3) is 21.9 Å². The maximum atomic E-state index is 13.6.